The lowest BCUT2D eigenvalue weighted by molar-refractivity contribution is -0.123. The highest BCUT2D eigenvalue weighted by Gasteiger charge is 2.23. The van der Waals surface area contributed by atoms with E-state index in [1.54, 1.807) is 51.6 Å². The van der Waals surface area contributed by atoms with E-state index in [4.69, 9.17) is 14.2 Å². The normalized spacial score (nSPS) is 12.6. The van der Waals surface area contributed by atoms with E-state index in [1.165, 1.54) is 0 Å². The van der Waals surface area contributed by atoms with Crippen molar-refractivity contribution < 1.29 is 43.0 Å². The van der Waals surface area contributed by atoms with Crippen LogP contribution in [-0.4, -0.2) is 99.1 Å². The summed E-state index contributed by atoms with van der Waals surface area (Å²) in [5, 5.41) is 9.26. The summed E-state index contributed by atoms with van der Waals surface area (Å²) in [5.41, 5.74) is 0.343. The number of thioether (sulfide) groups is 1. The second-order valence-corrected chi connectivity index (χ2v) is 19.3. The first kappa shape index (κ1) is 59.7. The van der Waals surface area contributed by atoms with E-state index in [2.05, 4.69) is 22.9 Å². The van der Waals surface area contributed by atoms with Gasteiger partial charge in [0.2, 0.25) is 5.91 Å². The number of unbranched alkanes of at least 4 members (excludes halogenated alkanes) is 7. The lowest BCUT2D eigenvalue weighted by Crippen LogP contribution is -2.47. The van der Waals surface area contributed by atoms with E-state index in [1.807, 2.05) is 13.1 Å². The Morgan fingerprint density at radius 2 is 1.03 bits per heavy atom. The second kappa shape index (κ2) is 39.8. The molecule has 3 atom stereocenters. The number of amides is 2. The van der Waals surface area contributed by atoms with Crippen molar-refractivity contribution >= 4 is 46.7 Å². The van der Waals surface area contributed by atoms with Crippen molar-refractivity contribution in [3.63, 3.8) is 0 Å². The number of Topliss-reactive ketones (excluding diaryl/α,β-unsaturated/α-hetero) is 4. The Morgan fingerprint density at radius 1 is 0.554 bits per heavy atom. The van der Waals surface area contributed by atoms with Crippen LogP contribution in [0.1, 0.15) is 193 Å². The molecule has 0 aliphatic rings. The Balaban J connectivity index is 3.32. The predicted molar refractivity (Wildman–Crippen MR) is 265 cm³/mol. The van der Waals surface area contributed by atoms with Crippen molar-refractivity contribution in [1.82, 2.24) is 16.0 Å². The highest BCUT2D eigenvalue weighted by atomic mass is 32.2. The Morgan fingerprint density at radius 3 is 1.51 bits per heavy atom. The molecule has 3 N–H and O–H groups in total. The van der Waals surface area contributed by atoms with Gasteiger partial charge in [-0.3, -0.25) is 9.59 Å². The molecule has 0 fully saturated rings. The molecule has 1 rings (SSSR count). The summed E-state index contributed by atoms with van der Waals surface area (Å²) in [4.78, 5) is 74.1. The minimum Gasteiger partial charge on any atom is -0.493 e. The molecule has 0 spiro atoms. The van der Waals surface area contributed by atoms with E-state index in [9.17, 15) is 28.8 Å². The zero-order valence-electron chi connectivity index (χ0n) is 41.5. The van der Waals surface area contributed by atoms with Crippen LogP contribution in [0.15, 0.2) is 18.2 Å². The third kappa shape index (κ3) is 34.7. The summed E-state index contributed by atoms with van der Waals surface area (Å²) < 4.78 is 18.6. The molecule has 0 saturated heterocycles. The molecule has 13 heteroatoms. The van der Waals surface area contributed by atoms with Gasteiger partial charge in [0.1, 0.15) is 40.7 Å². The molecule has 1 aromatic carbocycles. The van der Waals surface area contributed by atoms with Gasteiger partial charge in [-0.1, -0.05) is 45.4 Å². The third-order valence-electron chi connectivity index (χ3n) is 11.4. The van der Waals surface area contributed by atoms with Gasteiger partial charge in [0, 0.05) is 62.8 Å². The van der Waals surface area contributed by atoms with Crippen LogP contribution < -0.4 is 25.4 Å². The zero-order valence-corrected chi connectivity index (χ0v) is 42.3. The first-order chi connectivity index (χ1) is 31.3. The lowest BCUT2D eigenvalue weighted by Gasteiger charge is -2.21. The van der Waals surface area contributed by atoms with E-state index >= 15 is 0 Å². The number of benzene rings is 1. The Kier molecular flexibility index (Phi) is 36.6. The highest BCUT2D eigenvalue weighted by Crippen LogP contribution is 2.28. The summed E-state index contributed by atoms with van der Waals surface area (Å²) in [6, 6.07) is 4.58. The van der Waals surface area contributed by atoms with Gasteiger partial charge in [-0.25, -0.2) is 0 Å². The van der Waals surface area contributed by atoms with Crippen molar-refractivity contribution in [1.29, 1.82) is 0 Å². The summed E-state index contributed by atoms with van der Waals surface area (Å²) in [5.74, 6) is 3.38. The highest BCUT2D eigenvalue weighted by molar-refractivity contribution is 7.99. The van der Waals surface area contributed by atoms with E-state index < -0.39 is 6.04 Å². The average molecular weight is 932 g/mol. The van der Waals surface area contributed by atoms with Gasteiger partial charge in [-0.2, -0.15) is 11.8 Å². The standard InChI is InChI=1S/C52H89N3O9S/c1-7-32-62-33-20-34-65-35-31-54-52(61)50(29-18-19-30-53-6)55-51(60)47-36-48(63-39-45(27-16-14-23-43(4)58)25-12-8-10-21-41(2)56)38-49(37-47)64-40-46(28-17-15-24-44(5)59)26-13-9-11-22-42(3)57/h36-38,45-46,50,53H,7-35,39-40H2,1-6H3,(H,54,61)(H,55,60). The van der Waals surface area contributed by atoms with Crippen LogP contribution in [0.2, 0.25) is 0 Å². The maximum absolute atomic E-state index is 14.2. The number of carbonyl (C=O) groups excluding carboxylic acids is 6. The van der Waals surface area contributed by atoms with Gasteiger partial charge < -0.3 is 49.3 Å². The van der Waals surface area contributed by atoms with Crippen molar-refractivity contribution in [2.75, 3.05) is 58.1 Å². The quantitative estimate of drug-likeness (QED) is 0.0533. The SMILES string of the molecule is CCCOCCCSCCNC(=O)C(CCCCNC)NC(=O)c1cc(OCC(CCCCCC(C)=O)CCCCC(C)=O)cc(OCC(CCCCCC(C)=O)CCCCC(C)=O)c1. The van der Waals surface area contributed by atoms with Gasteiger partial charge in [0.05, 0.1) is 13.2 Å². The summed E-state index contributed by atoms with van der Waals surface area (Å²) in [6.45, 7) is 12.3. The molecular weight excluding hydrogens is 843 g/mol. The smallest absolute Gasteiger partial charge is 0.252 e. The van der Waals surface area contributed by atoms with Crippen molar-refractivity contribution in [2.45, 2.75) is 188 Å². The number of nitrogens with one attached hydrogen (secondary N) is 3. The van der Waals surface area contributed by atoms with Crippen LogP contribution >= 0.6 is 11.8 Å². The molecule has 0 saturated carbocycles. The number of hydrogen-bond acceptors (Lipinski definition) is 11. The molecule has 0 aliphatic carbocycles. The topological polar surface area (TPSA) is 166 Å². The van der Waals surface area contributed by atoms with Gasteiger partial charge in [-0.15, -0.1) is 0 Å². The molecular formula is C52H89N3O9S. The molecule has 65 heavy (non-hydrogen) atoms. The molecule has 3 unspecified atom stereocenters. The number of ether oxygens (including phenoxy) is 3. The van der Waals surface area contributed by atoms with Crippen LogP contribution in [0.25, 0.3) is 0 Å². The first-order valence-electron chi connectivity index (χ1n) is 25.1. The Labute approximate surface area is 397 Å². The van der Waals surface area contributed by atoms with Gasteiger partial charge in [0.25, 0.3) is 5.91 Å². The summed E-state index contributed by atoms with van der Waals surface area (Å²) in [6.07, 6.45) is 19.1. The molecule has 0 radical (unpaired) electrons. The molecule has 2 amide bonds. The zero-order chi connectivity index (χ0) is 47.9. The Bertz CT molecular complexity index is 1400. The molecule has 0 aromatic heterocycles. The maximum atomic E-state index is 14.2. The number of carbonyl (C=O) groups is 6. The molecule has 0 aliphatic heterocycles. The second-order valence-electron chi connectivity index (χ2n) is 18.0. The molecule has 372 valence electrons. The van der Waals surface area contributed by atoms with Crippen molar-refractivity contribution in [2.24, 2.45) is 11.8 Å². The summed E-state index contributed by atoms with van der Waals surface area (Å²) >= 11 is 1.77. The van der Waals surface area contributed by atoms with Gasteiger partial charge in [0.15, 0.2) is 0 Å². The fourth-order valence-electron chi connectivity index (χ4n) is 7.64. The first-order valence-corrected chi connectivity index (χ1v) is 26.3. The third-order valence-corrected chi connectivity index (χ3v) is 12.5. The fraction of sp³-hybridized carbons (Fsp3) is 0.769. The van der Waals surface area contributed by atoms with Crippen molar-refractivity contribution in [3.05, 3.63) is 23.8 Å². The average Bonchev–Trinajstić information content (AvgIpc) is 3.26. The van der Waals surface area contributed by atoms with Crippen LogP contribution in [0.4, 0.5) is 0 Å². The maximum Gasteiger partial charge on any atom is 0.252 e. The number of ketones is 4. The van der Waals surface area contributed by atoms with Crippen LogP contribution in [0.5, 0.6) is 11.5 Å². The van der Waals surface area contributed by atoms with E-state index in [0.29, 0.717) is 68.9 Å². The van der Waals surface area contributed by atoms with E-state index in [0.717, 1.165) is 147 Å². The Hall–Kier alpha value is -3.29. The van der Waals surface area contributed by atoms with Gasteiger partial charge >= 0.3 is 0 Å². The largest absolute Gasteiger partial charge is 0.493 e. The number of hydrogen-bond donors (Lipinski definition) is 3. The lowest BCUT2D eigenvalue weighted by atomic mass is 9.95. The van der Waals surface area contributed by atoms with Crippen LogP contribution in [-0.2, 0) is 28.7 Å². The van der Waals surface area contributed by atoms with Gasteiger partial charge in [-0.05, 0) is 154 Å². The monoisotopic (exact) mass is 932 g/mol. The summed E-state index contributed by atoms with van der Waals surface area (Å²) in [7, 11) is 1.90. The molecule has 1 aromatic rings. The molecule has 12 nitrogen and oxygen atoms in total. The molecule has 0 bridgehead atoms. The minimum absolute atomic E-state index is 0.187. The van der Waals surface area contributed by atoms with Crippen LogP contribution in [0.3, 0.4) is 0 Å². The fourth-order valence-corrected chi connectivity index (χ4v) is 8.42. The van der Waals surface area contributed by atoms with Crippen molar-refractivity contribution in [3.8, 4) is 11.5 Å². The van der Waals surface area contributed by atoms with E-state index in [-0.39, 0.29) is 46.8 Å². The van der Waals surface area contributed by atoms with Crippen LogP contribution in [0, 0.1) is 11.8 Å². The minimum atomic E-state index is -0.717. The number of rotatable bonds is 45. The predicted octanol–water partition coefficient (Wildman–Crippen LogP) is 10.2. The molecule has 0 heterocycles.